The highest BCUT2D eigenvalue weighted by molar-refractivity contribution is 8.00. The highest BCUT2D eigenvalue weighted by Gasteiger charge is 2.23. The second-order valence-corrected chi connectivity index (χ2v) is 8.40. The van der Waals surface area contributed by atoms with Crippen LogP contribution in [-0.4, -0.2) is 37.8 Å². The molecule has 1 unspecified atom stereocenters. The Labute approximate surface area is 195 Å². The van der Waals surface area contributed by atoms with Crippen molar-refractivity contribution < 1.29 is 9.53 Å². The molecule has 168 valence electrons. The standard InChI is InChI=1S/C24H23N5O3S/c1-3-19(22(30)27-17-9-11-18(32-2)12-10-17)33-24-28-21-20(25-13-14-26-21)23(31)29(24)15-16-7-5-4-6-8-16/h4-14,19H,3,15H2,1-2H3,(H,27,30). The lowest BCUT2D eigenvalue weighted by Gasteiger charge is -2.18. The van der Waals surface area contributed by atoms with Gasteiger partial charge >= 0.3 is 0 Å². The molecule has 2 aromatic carbocycles. The van der Waals surface area contributed by atoms with Crippen molar-refractivity contribution in [3.63, 3.8) is 0 Å². The molecule has 1 N–H and O–H groups in total. The predicted octanol–water partition coefficient (Wildman–Crippen LogP) is 3.75. The Balaban J connectivity index is 1.65. The van der Waals surface area contributed by atoms with Gasteiger partial charge in [0.2, 0.25) is 5.91 Å². The molecule has 0 spiro atoms. The SMILES string of the molecule is CCC(Sc1nc2nccnc2c(=O)n1Cc1ccccc1)C(=O)Nc1ccc(OC)cc1. The summed E-state index contributed by atoms with van der Waals surface area (Å²) in [4.78, 5) is 39.2. The maximum absolute atomic E-state index is 13.2. The number of carbonyl (C=O) groups excluding carboxylic acids is 1. The number of nitrogens with zero attached hydrogens (tertiary/aromatic N) is 4. The third-order valence-corrected chi connectivity index (χ3v) is 6.37. The minimum absolute atomic E-state index is 0.174. The largest absolute Gasteiger partial charge is 0.497 e. The summed E-state index contributed by atoms with van der Waals surface area (Å²) in [6.45, 7) is 2.24. The summed E-state index contributed by atoms with van der Waals surface area (Å²) < 4.78 is 6.72. The van der Waals surface area contributed by atoms with Gasteiger partial charge in [-0.25, -0.2) is 15.0 Å². The minimum atomic E-state index is -0.463. The van der Waals surface area contributed by atoms with Gasteiger partial charge in [0, 0.05) is 18.1 Å². The third kappa shape index (κ3) is 5.20. The van der Waals surface area contributed by atoms with Gasteiger partial charge in [0.25, 0.3) is 5.56 Å². The van der Waals surface area contributed by atoms with Crippen LogP contribution in [0.4, 0.5) is 5.69 Å². The topological polar surface area (TPSA) is 99.0 Å². The van der Waals surface area contributed by atoms with E-state index in [-0.39, 0.29) is 22.6 Å². The zero-order valence-electron chi connectivity index (χ0n) is 18.3. The van der Waals surface area contributed by atoms with E-state index in [1.165, 1.54) is 24.2 Å². The first-order valence-electron chi connectivity index (χ1n) is 10.5. The lowest BCUT2D eigenvalue weighted by molar-refractivity contribution is -0.115. The Morgan fingerprint density at radius 2 is 1.82 bits per heavy atom. The van der Waals surface area contributed by atoms with Gasteiger partial charge in [-0.3, -0.25) is 14.2 Å². The fourth-order valence-corrected chi connectivity index (χ4v) is 4.27. The van der Waals surface area contributed by atoms with Crippen LogP contribution in [0.3, 0.4) is 0 Å². The van der Waals surface area contributed by atoms with Crippen molar-refractivity contribution in [2.75, 3.05) is 12.4 Å². The van der Waals surface area contributed by atoms with Crippen LogP contribution in [0.15, 0.2) is 76.9 Å². The molecule has 0 saturated heterocycles. The van der Waals surface area contributed by atoms with Gasteiger partial charge in [-0.15, -0.1) is 0 Å². The fraction of sp³-hybridized carbons (Fsp3) is 0.208. The van der Waals surface area contributed by atoms with E-state index in [1.807, 2.05) is 37.3 Å². The quantitative estimate of drug-likeness (QED) is 0.315. The molecule has 4 aromatic rings. The number of thioether (sulfide) groups is 1. The van der Waals surface area contributed by atoms with Crippen molar-refractivity contribution in [2.45, 2.75) is 30.3 Å². The highest BCUT2D eigenvalue weighted by Crippen LogP contribution is 2.26. The van der Waals surface area contributed by atoms with E-state index in [1.54, 1.807) is 35.9 Å². The molecule has 0 aliphatic rings. The second-order valence-electron chi connectivity index (χ2n) is 7.23. The molecule has 0 radical (unpaired) electrons. The van der Waals surface area contributed by atoms with Crippen molar-refractivity contribution in [3.8, 4) is 5.75 Å². The van der Waals surface area contributed by atoms with Crippen LogP contribution in [0.1, 0.15) is 18.9 Å². The fourth-order valence-electron chi connectivity index (χ4n) is 3.27. The highest BCUT2D eigenvalue weighted by atomic mass is 32.2. The summed E-state index contributed by atoms with van der Waals surface area (Å²) in [5, 5.41) is 2.89. The van der Waals surface area contributed by atoms with E-state index < -0.39 is 5.25 Å². The van der Waals surface area contributed by atoms with E-state index in [0.29, 0.717) is 29.6 Å². The van der Waals surface area contributed by atoms with Crippen LogP contribution in [-0.2, 0) is 11.3 Å². The summed E-state index contributed by atoms with van der Waals surface area (Å²) in [5.74, 6) is 0.535. The summed E-state index contributed by atoms with van der Waals surface area (Å²) in [6.07, 6.45) is 3.52. The Kier molecular flexibility index (Phi) is 6.99. The average molecular weight is 462 g/mol. The van der Waals surface area contributed by atoms with Crippen LogP contribution in [0.2, 0.25) is 0 Å². The average Bonchev–Trinajstić information content (AvgIpc) is 2.85. The van der Waals surface area contributed by atoms with Crippen LogP contribution in [0, 0.1) is 0 Å². The molecule has 8 nitrogen and oxygen atoms in total. The van der Waals surface area contributed by atoms with E-state index in [4.69, 9.17) is 4.74 Å². The van der Waals surface area contributed by atoms with E-state index >= 15 is 0 Å². The second kappa shape index (κ2) is 10.3. The number of anilines is 1. The first-order chi connectivity index (χ1) is 16.1. The summed E-state index contributed by atoms with van der Waals surface area (Å²) in [6, 6.07) is 16.8. The van der Waals surface area contributed by atoms with Gasteiger partial charge in [-0.1, -0.05) is 49.0 Å². The number of carbonyl (C=O) groups is 1. The molecule has 9 heteroatoms. The molecule has 1 atom stereocenters. The maximum atomic E-state index is 13.2. The molecule has 0 aliphatic carbocycles. The lowest BCUT2D eigenvalue weighted by atomic mass is 10.2. The third-order valence-electron chi connectivity index (χ3n) is 5.01. The van der Waals surface area contributed by atoms with Gasteiger partial charge in [0.05, 0.1) is 18.9 Å². The van der Waals surface area contributed by atoms with Crippen molar-refractivity contribution in [1.82, 2.24) is 19.5 Å². The first kappa shape index (κ1) is 22.5. The molecule has 4 rings (SSSR count). The maximum Gasteiger partial charge on any atom is 0.282 e. The Morgan fingerprint density at radius 3 is 2.52 bits per heavy atom. The molecule has 33 heavy (non-hydrogen) atoms. The number of rotatable bonds is 8. The predicted molar refractivity (Wildman–Crippen MR) is 129 cm³/mol. The van der Waals surface area contributed by atoms with Gasteiger partial charge in [-0.05, 0) is 36.2 Å². The van der Waals surface area contributed by atoms with Crippen LogP contribution in [0.5, 0.6) is 5.75 Å². The summed E-state index contributed by atoms with van der Waals surface area (Å²) in [5.41, 5.74) is 1.79. The number of methoxy groups -OCH3 is 1. The monoisotopic (exact) mass is 461 g/mol. The number of fused-ring (bicyclic) bond motifs is 1. The van der Waals surface area contributed by atoms with Gasteiger partial charge in [-0.2, -0.15) is 0 Å². The van der Waals surface area contributed by atoms with Gasteiger partial charge in [0.15, 0.2) is 16.3 Å². The van der Waals surface area contributed by atoms with Crippen molar-refractivity contribution >= 4 is 34.5 Å². The number of ether oxygens (including phenoxy) is 1. The summed E-state index contributed by atoms with van der Waals surface area (Å²) >= 11 is 1.25. The number of hydrogen-bond acceptors (Lipinski definition) is 7. The lowest BCUT2D eigenvalue weighted by Crippen LogP contribution is -2.29. The molecular weight excluding hydrogens is 438 g/mol. The zero-order valence-corrected chi connectivity index (χ0v) is 19.1. The number of benzene rings is 2. The van der Waals surface area contributed by atoms with Crippen molar-refractivity contribution in [1.29, 1.82) is 0 Å². The number of nitrogens with one attached hydrogen (secondary N) is 1. The van der Waals surface area contributed by atoms with Gasteiger partial charge < -0.3 is 10.1 Å². The zero-order chi connectivity index (χ0) is 23.2. The first-order valence-corrected chi connectivity index (χ1v) is 11.3. The number of aromatic nitrogens is 4. The van der Waals surface area contributed by atoms with Crippen LogP contribution >= 0.6 is 11.8 Å². The molecule has 0 bridgehead atoms. The molecule has 2 heterocycles. The van der Waals surface area contributed by atoms with Crippen LogP contribution < -0.4 is 15.6 Å². The molecule has 0 saturated carbocycles. The van der Waals surface area contributed by atoms with Crippen molar-refractivity contribution in [3.05, 3.63) is 82.9 Å². The molecule has 1 amide bonds. The number of amides is 1. The number of hydrogen-bond donors (Lipinski definition) is 1. The van der Waals surface area contributed by atoms with Crippen LogP contribution in [0.25, 0.3) is 11.2 Å². The Bertz CT molecular complexity index is 1310. The van der Waals surface area contributed by atoms with E-state index in [2.05, 4.69) is 20.3 Å². The molecule has 2 aromatic heterocycles. The smallest absolute Gasteiger partial charge is 0.282 e. The molecular formula is C24H23N5O3S. The molecule has 0 aliphatic heterocycles. The Hall–Kier alpha value is -3.72. The Morgan fingerprint density at radius 1 is 1.09 bits per heavy atom. The normalized spacial score (nSPS) is 11.8. The van der Waals surface area contributed by atoms with E-state index in [9.17, 15) is 9.59 Å². The van der Waals surface area contributed by atoms with Crippen molar-refractivity contribution in [2.24, 2.45) is 0 Å². The summed E-state index contributed by atoms with van der Waals surface area (Å²) in [7, 11) is 1.59. The van der Waals surface area contributed by atoms with Gasteiger partial charge in [0.1, 0.15) is 5.75 Å². The minimum Gasteiger partial charge on any atom is -0.497 e. The van der Waals surface area contributed by atoms with E-state index in [0.717, 1.165) is 5.56 Å². The molecule has 0 fully saturated rings.